The summed E-state index contributed by atoms with van der Waals surface area (Å²) in [5.41, 5.74) is 3.75. The summed E-state index contributed by atoms with van der Waals surface area (Å²) in [6.07, 6.45) is 0.735. The number of hydrogen-bond acceptors (Lipinski definition) is 2. The molecule has 1 fully saturated rings. The molecular weight excluding hydrogens is 386 g/mol. The number of carbonyl (C=O) groups excluding carboxylic acids is 1. The molecule has 1 saturated carbocycles. The van der Waals surface area contributed by atoms with Gasteiger partial charge in [0.25, 0.3) is 0 Å². The molecule has 1 amide bonds. The van der Waals surface area contributed by atoms with Gasteiger partial charge in [-0.2, -0.15) is 0 Å². The van der Waals surface area contributed by atoms with Gasteiger partial charge in [-0.05, 0) is 60.4 Å². The molecule has 2 atom stereocenters. The summed E-state index contributed by atoms with van der Waals surface area (Å²) < 4.78 is 0. The van der Waals surface area contributed by atoms with E-state index in [-0.39, 0.29) is 17.4 Å². The number of nitrogens with zero attached hydrogens (tertiary/aromatic N) is 1. The molecule has 1 aliphatic heterocycles. The van der Waals surface area contributed by atoms with E-state index in [9.17, 15) is 14.7 Å². The smallest absolute Gasteiger partial charge is 0.336 e. The fourth-order valence-electron chi connectivity index (χ4n) is 4.70. The van der Waals surface area contributed by atoms with Crippen LogP contribution in [0.4, 0.5) is 11.4 Å². The average molecular weight is 404 g/mol. The van der Waals surface area contributed by atoms with Crippen LogP contribution in [0, 0.1) is 6.92 Å². The summed E-state index contributed by atoms with van der Waals surface area (Å²) in [4.78, 5) is 27.1. The van der Waals surface area contributed by atoms with Crippen LogP contribution in [0.25, 0.3) is 0 Å². The Morgan fingerprint density at radius 2 is 1.72 bits per heavy atom. The van der Waals surface area contributed by atoms with Crippen LogP contribution in [-0.4, -0.2) is 17.0 Å². The first-order chi connectivity index (χ1) is 13.9. The average Bonchev–Trinajstić information content (AvgIpc) is 3.41. The highest BCUT2D eigenvalue weighted by atomic mass is 35.5. The molecule has 144 valence electrons. The van der Waals surface area contributed by atoms with Crippen LogP contribution >= 0.6 is 11.6 Å². The van der Waals surface area contributed by atoms with Crippen molar-refractivity contribution in [3.05, 3.63) is 94.0 Å². The van der Waals surface area contributed by atoms with Crippen molar-refractivity contribution in [2.24, 2.45) is 0 Å². The Kier molecular flexibility index (Phi) is 3.83. The molecule has 1 N–H and O–H groups in total. The van der Waals surface area contributed by atoms with Gasteiger partial charge in [0, 0.05) is 10.9 Å². The first kappa shape index (κ1) is 18.0. The van der Waals surface area contributed by atoms with Crippen LogP contribution in [0.5, 0.6) is 0 Å². The van der Waals surface area contributed by atoms with E-state index in [0.29, 0.717) is 16.3 Å². The lowest BCUT2D eigenvalue weighted by molar-refractivity contribution is -0.119. The van der Waals surface area contributed by atoms with Gasteiger partial charge in [0.1, 0.15) is 0 Å². The number of aromatic carboxylic acids is 1. The van der Waals surface area contributed by atoms with E-state index in [1.165, 1.54) is 0 Å². The lowest BCUT2D eigenvalue weighted by Gasteiger charge is -2.21. The van der Waals surface area contributed by atoms with Crippen LogP contribution in [0.15, 0.2) is 66.7 Å². The lowest BCUT2D eigenvalue weighted by Crippen LogP contribution is -2.30. The van der Waals surface area contributed by atoms with Crippen molar-refractivity contribution in [2.45, 2.75) is 24.7 Å². The van der Waals surface area contributed by atoms with E-state index < -0.39 is 11.4 Å². The SMILES string of the molecule is Cc1c(C(=O)O)cccc1N1C(=O)C2(CC2c2ccc(Cl)cc2)c2ccccc21. The Morgan fingerprint density at radius 1 is 1.03 bits per heavy atom. The fourth-order valence-corrected chi connectivity index (χ4v) is 4.83. The molecule has 0 radical (unpaired) electrons. The Morgan fingerprint density at radius 3 is 2.45 bits per heavy atom. The molecule has 3 aromatic carbocycles. The highest BCUT2D eigenvalue weighted by Crippen LogP contribution is 2.67. The van der Waals surface area contributed by atoms with Gasteiger partial charge in [-0.25, -0.2) is 4.79 Å². The van der Waals surface area contributed by atoms with Crippen molar-refractivity contribution in [2.75, 3.05) is 4.90 Å². The van der Waals surface area contributed by atoms with Crippen molar-refractivity contribution >= 4 is 34.9 Å². The summed E-state index contributed by atoms with van der Waals surface area (Å²) in [7, 11) is 0. The molecule has 5 heteroatoms. The highest BCUT2D eigenvalue weighted by molar-refractivity contribution is 6.30. The van der Waals surface area contributed by atoms with Crippen molar-refractivity contribution in [3.63, 3.8) is 0 Å². The maximum absolute atomic E-state index is 13.8. The molecule has 1 spiro atoms. The first-order valence-electron chi connectivity index (χ1n) is 9.47. The first-order valence-corrected chi connectivity index (χ1v) is 9.85. The topological polar surface area (TPSA) is 57.6 Å². The van der Waals surface area contributed by atoms with Crippen LogP contribution in [0.3, 0.4) is 0 Å². The second-order valence-corrected chi connectivity index (χ2v) is 8.13. The summed E-state index contributed by atoms with van der Waals surface area (Å²) in [6.45, 7) is 1.75. The molecule has 0 saturated heterocycles. The molecule has 3 aromatic rings. The maximum Gasteiger partial charge on any atom is 0.336 e. The summed E-state index contributed by atoms with van der Waals surface area (Å²) >= 11 is 6.04. The van der Waals surface area contributed by atoms with Crippen molar-refractivity contribution in [3.8, 4) is 0 Å². The normalized spacial score (nSPS) is 22.1. The molecule has 0 aromatic heterocycles. The number of carboxylic acids is 1. The minimum atomic E-state index is -0.996. The van der Waals surface area contributed by atoms with Crippen LogP contribution < -0.4 is 4.90 Å². The molecule has 29 heavy (non-hydrogen) atoms. The summed E-state index contributed by atoms with van der Waals surface area (Å²) in [6, 6.07) is 20.6. The van der Waals surface area contributed by atoms with Crippen molar-refractivity contribution in [1.29, 1.82) is 0 Å². The zero-order valence-electron chi connectivity index (χ0n) is 15.7. The van der Waals surface area contributed by atoms with E-state index in [1.54, 1.807) is 24.0 Å². The number of para-hydroxylation sites is 1. The quantitative estimate of drug-likeness (QED) is 0.632. The Labute approximate surface area is 173 Å². The second-order valence-electron chi connectivity index (χ2n) is 7.69. The Balaban J connectivity index is 1.64. The molecule has 2 unspecified atom stereocenters. The van der Waals surface area contributed by atoms with E-state index in [4.69, 9.17) is 11.6 Å². The van der Waals surface area contributed by atoms with E-state index >= 15 is 0 Å². The minimum absolute atomic E-state index is 0.00397. The monoisotopic (exact) mass is 403 g/mol. The zero-order chi connectivity index (χ0) is 20.3. The van der Waals surface area contributed by atoms with Crippen LogP contribution in [0.2, 0.25) is 5.02 Å². The highest BCUT2D eigenvalue weighted by Gasteiger charge is 2.67. The Bertz CT molecular complexity index is 1170. The second kappa shape index (κ2) is 6.19. The molecular formula is C24H18ClNO3. The van der Waals surface area contributed by atoms with Gasteiger partial charge in [-0.1, -0.05) is 48.0 Å². The number of anilines is 2. The molecule has 2 aliphatic rings. The van der Waals surface area contributed by atoms with Gasteiger partial charge in [0.05, 0.1) is 22.4 Å². The number of amides is 1. The van der Waals surface area contributed by atoms with Gasteiger partial charge in [0.2, 0.25) is 5.91 Å². The van der Waals surface area contributed by atoms with Gasteiger partial charge in [-0.15, -0.1) is 0 Å². The lowest BCUT2D eigenvalue weighted by atomic mass is 9.92. The molecule has 1 aliphatic carbocycles. The minimum Gasteiger partial charge on any atom is -0.478 e. The molecule has 1 heterocycles. The van der Waals surface area contributed by atoms with E-state index in [1.807, 2.05) is 54.6 Å². The molecule has 4 nitrogen and oxygen atoms in total. The predicted molar refractivity (Wildman–Crippen MR) is 112 cm³/mol. The standard InChI is InChI=1S/C24H18ClNO3/c1-14-17(22(27)28)5-4-8-20(14)26-21-7-3-2-6-18(21)24(23(26)29)13-19(24)15-9-11-16(25)12-10-15/h2-12,19H,13H2,1H3,(H,27,28). The van der Waals surface area contributed by atoms with Gasteiger partial charge >= 0.3 is 5.97 Å². The van der Waals surface area contributed by atoms with Crippen LogP contribution in [-0.2, 0) is 10.2 Å². The number of rotatable bonds is 3. The van der Waals surface area contributed by atoms with Gasteiger partial charge in [-0.3, -0.25) is 9.69 Å². The number of halogens is 1. The van der Waals surface area contributed by atoms with E-state index in [2.05, 4.69) is 0 Å². The third-order valence-corrected chi connectivity index (χ3v) is 6.47. The van der Waals surface area contributed by atoms with Crippen molar-refractivity contribution < 1.29 is 14.7 Å². The number of hydrogen-bond donors (Lipinski definition) is 1. The number of fused-ring (bicyclic) bond motifs is 2. The number of benzene rings is 3. The number of carbonyl (C=O) groups is 2. The summed E-state index contributed by atoms with van der Waals surface area (Å²) in [5, 5.41) is 10.2. The molecule has 5 rings (SSSR count). The van der Waals surface area contributed by atoms with Gasteiger partial charge < -0.3 is 5.11 Å². The summed E-state index contributed by atoms with van der Waals surface area (Å²) in [5.74, 6) is -0.907. The predicted octanol–water partition coefficient (Wildman–Crippen LogP) is 5.45. The fraction of sp³-hybridized carbons (Fsp3) is 0.167. The van der Waals surface area contributed by atoms with Crippen LogP contribution in [0.1, 0.15) is 39.4 Å². The third-order valence-electron chi connectivity index (χ3n) is 6.22. The largest absolute Gasteiger partial charge is 0.478 e. The Hall–Kier alpha value is -3.11. The van der Waals surface area contributed by atoms with E-state index in [0.717, 1.165) is 23.2 Å². The van der Waals surface area contributed by atoms with Crippen molar-refractivity contribution in [1.82, 2.24) is 0 Å². The molecule has 0 bridgehead atoms. The maximum atomic E-state index is 13.8. The third kappa shape index (κ3) is 2.45. The zero-order valence-corrected chi connectivity index (χ0v) is 16.5. The van der Waals surface area contributed by atoms with Gasteiger partial charge in [0.15, 0.2) is 0 Å². The number of carboxylic acid groups (broad SMARTS) is 1.